The Kier molecular flexibility index (Phi) is 6.87. The summed E-state index contributed by atoms with van der Waals surface area (Å²) < 4.78 is 2.55. The van der Waals surface area contributed by atoms with Crippen LogP contribution in [0, 0.1) is 40.4 Å². The van der Waals surface area contributed by atoms with Crippen molar-refractivity contribution in [3.8, 4) is 0 Å². The van der Waals surface area contributed by atoms with Crippen LogP contribution in [0.3, 0.4) is 0 Å². The van der Waals surface area contributed by atoms with Gasteiger partial charge < -0.3 is 5.11 Å². The van der Waals surface area contributed by atoms with Gasteiger partial charge in [-0.05, 0) is 0 Å². The number of aliphatic hydroxyl groups excluding tert-OH is 1. The van der Waals surface area contributed by atoms with Gasteiger partial charge in [0.25, 0.3) is 0 Å². The van der Waals surface area contributed by atoms with Gasteiger partial charge in [0.2, 0.25) is 0 Å². The van der Waals surface area contributed by atoms with Gasteiger partial charge in [0.05, 0.1) is 6.10 Å². The molecule has 8 atom stereocenters. The molecular weight excluding hydrogens is 468 g/mol. The van der Waals surface area contributed by atoms with Crippen molar-refractivity contribution >= 4 is 20.9 Å². The molecule has 0 aromatic carbocycles. The zero-order valence-corrected chi connectivity index (χ0v) is 22.1. The van der Waals surface area contributed by atoms with Crippen LogP contribution in [-0.4, -0.2) is 32.1 Å². The molecule has 4 aliphatic carbocycles. The summed E-state index contributed by atoms with van der Waals surface area (Å²) in [6.07, 6.45) is 15.9. The quantitative estimate of drug-likeness (QED) is 0.224. The fourth-order valence-electron chi connectivity index (χ4n) is 8.54. The third kappa shape index (κ3) is 4.14. The first-order valence-electron chi connectivity index (χ1n) is 12.7. The van der Waals surface area contributed by atoms with Crippen LogP contribution < -0.4 is 0 Å². The van der Waals surface area contributed by atoms with Gasteiger partial charge in [0.15, 0.2) is 0 Å². The van der Waals surface area contributed by atoms with Gasteiger partial charge in [0.1, 0.15) is 0 Å². The Bertz CT molecular complexity index is 612. The molecule has 3 fully saturated rings. The van der Waals surface area contributed by atoms with Crippen molar-refractivity contribution in [3.05, 3.63) is 11.6 Å². The summed E-state index contributed by atoms with van der Waals surface area (Å²) in [6, 6.07) is 0. The summed E-state index contributed by atoms with van der Waals surface area (Å²) in [5.74, 6) is 4.66. The van der Waals surface area contributed by atoms with Gasteiger partial charge in [-0.2, -0.15) is 0 Å². The molecule has 0 bridgehead atoms. The molecule has 0 spiro atoms. The molecule has 4 aliphatic rings. The monoisotopic (exact) mass is 516 g/mol. The van der Waals surface area contributed by atoms with Crippen LogP contribution >= 0.6 is 0 Å². The first-order chi connectivity index (χ1) is 13.8. The summed E-state index contributed by atoms with van der Waals surface area (Å²) in [4.78, 5) is 0. The number of fused-ring (bicyclic) bond motifs is 5. The Morgan fingerprint density at radius 1 is 1.07 bits per heavy atom. The van der Waals surface area contributed by atoms with Gasteiger partial charge in [-0.3, -0.25) is 0 Å². The van der Waals surface area contributed by atoms with E-state index in [2.05, 4.69) is 40.7 Å². The van der Waals surface area contributed by atoms with Gasteiger partial charge in [-0.1, -0.05) is 0 Å². The van der Waals surface area contributed by atoms with Gasteiger partial charge in [-0.25, -0.2) is 0 Å². The Balaban J connectivity index is 1.44. The fourth-order valence-corrected chi connectivity index (χ4v) is 10.8. The van der Waals surface area contributed by atoms with E-state index in [1.165, 1.54) is 51.4 Å². The Morgan fingerprint density at radius 3 is 2.62 bits per heavy atom. The molecule has 0 aromatic heterocycles. The average Bonchev–Trinajstić information content (AvgIpc) is 3.03. The SMILES string of the molecule is CC(C)[Te]CCCC(C)C1CCC2C3CC=C4CC(O)CCC4(C)C3CCC12C. The third-order valence-electron chi connectivity index (χ3n) is 10.1. The third-order valence-corrected chi connectivity index (χ3v) is 13.5. The predicted octanol–water partition coefficient (Wildman–Crippen LogP) is 7.29. The molecule has 0 aromatic rings. The number of aliphatic hydroxyl groups is 1. The molecule has 2 heteroatoms. The van der Waals surface area contributed by atoms with Crippen molar-refractivity contribution in [1.29, 1.82) is 0 Å². The van der Waals surface area contributed by atoms with Crippen LogP contribution in [0.5, 0.6) is 0 Å². The normalized spacial score (nSPS) is 45.3. The molecule has 3 saturated carbocycles. The Morgan fingerprint density at radius 2 is 1.86 bits per heavy atom. The van der Waals surface area contributed by atoms with E-state index in [-0.39, 0.29) is 27.0 Å². The zero-order valence-electron chi connectivity index (χ0n) is 19.8. The molecule has 8 unspecified atom stereocenters. The minimum atomic E-state index is -0.0741. The summed E-state index contributed by atoms with van der Waals surface area (Å²) in [6.45, 7) is 12.7. The topological polar surface area (TPSA) is 20.2 Å². The molecule has 1 N–H and O–H groups in total. The van der Waals surface area contributed by atoms with Crippen molar-refractivity contribution < 1.29 is 5.11 Å². The van der Waals surface area contributed by atoms with E-state index in [0.29, 0.717) is 10.8 Å². The van der Waals surface area contributed by atoms with Gasteiger partial charge in [0, 0.05) is 0 Å². The van der Waals surface area contributed by atoms with E-state index in [0.717, 1.165) is 46.4 Å². The summed E-state index contributed by atoms with van der Waals surface area (Å²) >= 11 is 0.263. The van der Waals surface area contributed by atoms with Crippen molar-refractivity contribution in [2.45, 2.75) is 113 Å². The van der Waals surface area contributed by atoms with Crippen molar-refractivity contribution in [2.24, 2.45) is 40.4 Å². The van der Waals surface area contributed by atoms with Gasteiger partial charge >= 0.3 is 180 Å². The molecular formula is C27H46OTe. The van der Waals surface area contributed by atoms with E-state index < -0.39 is 0 Å². The maximum atomic E-state index is 10.2. The molecule has 4 rings (SSSR count). The van der Waals surface area contributed by atoms with E-state index in [9.17, 15) is 5.11 Å². The maximum absolute atomic E-state index is 10.2. The summed E-state index contributed by atoms with van der Waals surface area (Å²) in [5, 5.41) is 10.2. The first-order valence-corrected chi connectivity index (χ1v) is 15.7. The average molecular weight is 514 g/mol. The van der Waals surface area contributed by atoms with E-state index in [1.807, 2.05) is 0 Å². The fraction of sp³-hybridized carbons (Fsp3) is 0.926. The van der Waals surface area contributed by atoms with Crippen molar-refractivity contribution in [1.82, 2.24) is 0 Å². The van der Waals surface area contributed by atoms with Crippen LogP contribution in [0.1, 0.15) is 98.8 Å². The number of hydrogen-bond acceptors (Lipinski definition) is 1. The molecule has 0 amide bonds. The van der Waals surface area contributed by atoms with Crippen molar-refractivity contribution in [2.75, 3.05) is 0 Å². The van der Waals surface area contributed by atoms with E-state index >= 15 is 0 Å². The van der Waals surface area contributed by atoms with Crippen LogP contribution in [0.4, 0.5) is 0 Å². The zero-order chi connectivity index (χ0) is 20.8. The van der Waals surface area contributed by atoms with Crippen molar-refractivity contribution in [3.63, 3.8) is 0 Å². The number of allylic oxidation sites excluding steroid dienone is 1. The minimum absolute atomic E-state index is 0.0741. The summed E-state index contributed by atoms with van der Waals surface area (Å²) in [5.41, 5.74) is 2.62. The second-order valence-corrected chi connectivity index (χ2v) is 16.7. The molecule has 0 saturated heterocycles. The standard InChI is InChI=1S/C27H46OTe/c1-18(2)29-16-6-7-19(3)23-10-11-24-22-9-8-20-17-21(28)12-14-26(20,4)25(22)13-15-27(23,24)5/h8,18-19,21-25,28H,6-7,9-17H2,1-5H3. The second-order valence-electron chi connectivity index (χ2n) is 11.9. The van der Waals surface area contributed by atoms with E-state index in [1.54, 1.807) is 10.0 Å². The molecule has 0 radical (unpaired) electrons. The molecule has 0 aliphatic heterocycles. The summed E-state index contributed by atoms with van der Waals surface area (Å²) in [7, 11) is 0. The second kappa shape index (κ2) is 8.79. The predicted molar refractivity (Wildman–Crippen MR) is 125 cm³/mol. The van der Waals surface area contributed by atoms with Crippen LogP contribution in [0.15, 0.2) is 11.6 Å². The number of rotatable bonds is 6. The van der Waals surface area contributed by atoms with Crippen LogP contribution in [0.2, 0.25) is 8.43 Å². The molecule has 0 heterocycles. The Labute approximate surface area is 191 Å². The Hall–Kier alpha value is 0.490. The molecule has 1 nitrogen and oxygen atoms in total. The number of hydrogen-bond donors (Lipinski definition) is 1. The van der Waals surface area contributed by atoms with Crippen LogP contribution in [-0.2, 0) is 0 Å². The van der Waals surface area contributed by atoms with Crippen LogP contribution in [0.25, 0.3) is 0 Å². The van der Waals surface area contributed by atoms with E-state index in [4.69, 9.17) is 0 Å². The molecule has 166 valence electrons. The molecule has 29 heavy (non-hydrogen) atoms. The van der Waals surface area contributed by atoms with Gasteiger partial charge in [-0.15, -0.1) is 0 Å². The first kappa shape index (κ1) is 22.7.